The summed E-state index contributed by atoms with van der Waals surface area (Å²) in [7, 11) is 0. The summed E-state index contributed by atoms with van der Waals surface area (Å²) in [5.41, 5.74) is 6.83. The van der Waals surface area contributed by atoms with E-state index in [0.717, 1.165) is 39.3 Å². The second-order valence-corrected chi connectivity index (χ2v) is 5.96. The minimum atomic E-state index is 0.366. The van der Waals surface area contributed by atoms with Crippen LogP contribution in [0.15, 0.2) is 36.4 Å². The molecule has 1 N–H and O–H groups in total. The Labute approximate surface area is 124 Å². The van der Waals surface area contributed by atoms with Crippen LogP contribution in [0.2, 0.25) is 0 Å². The summed E-state index contributed by atoms with van der Waals surface area (Å²) in [4.78, 5) is 2.44. The van der Waals surface area contributed by atoms with E-state index in [4.69, 9.17) is 4.74 Å². The molecule has 21 heavy (non-hydrogen) atoms. The fourth-order valence-electron chi connectivity index (χ4n) is 3.45. The zero-order valence-corrected chi connectivity index (χ0v) is 12.0. The van der Waals surface area contributed by atoms with Gasteiger partial charge in [-0.2, -0.15) is 0 Å². The van der Waals surface area contributed by atoms with Crippen molar-refractivity contribution in [3.63, 3.8) is 0 Å². The van der Waals surface area contributed by atoms with E-state index in [9.17, 15) is 5.11 Å². The zero-order valence-electron chi connectivity index (χ0n) is 12.0. The number of aromatic hydroxyl groups is 1. The molecule has 0 aromatic heterocycles. The molecule has 0 amide bonds. The number of phenolic OH excluding ortho intramolecular Hbond substituents is 1. The number of hydrogen-bond acceptors (Lipinski definition) is 3. The predicted octanol–water partition coefficient (Wildman–Crippen LogP) is 2.98. The summed E-state index contributed by atoms with van der Waals surface area (Å²) in [6.07, 6.45) is 1.02. The standard InChI is InChI=1S/C18H19NO2/c20-17-5-4-13-9-19(11-16(13)8-17)10-14-2-1-3-15-12-21-7-6-18(14)15/h1-5,8,20H,6-7,9-12H2. The van der Waals surface area contributed by atoms with Crippen molar-refractivity contribution in [3.8, 4) is 5.75 Å². The molecule has 2 aliphatic heterocycles. The summed E-state index contributed by atoms with van der Waals surface area (Å²) >= 11 is 0. The van der Waals surface area contributed by atoms with Gasteiger partial charge in [-0.05, 0) is 46.4 Å². The number of nitrogens with zero attached hydrogens (tertiary/aromatic N) is 1. The highest BCUT2D eigenvalue weighted by atomic mass is 16.5. The molecule has 0 bridgehead atoms. The smallest absolute Gasteiger partial charge is 0.115 e. The molecule has 2 heterocycles. The average Bonchev–Trinajstić information content (AvgIpc) is 2.89. The molecular formula is C18H19NO2. The molecule has 2 aliphatic rings. The van der Waals surface area contributed by atoms with Crippen molar-refractivity contribution in [2.24, 2.45) is 0 Å². The van der Waals surface area contributed by atoms with Gasteiger partial charge in [-0.3, -0.25) is 4.90 Å². The highest BCUT2D eigenvalue weighted by Crippen LogP contribution is 2.29. The number of rotatable bonds is 2. The molecular weight excluding hydrogens is 262 g/mol. The maximum atomic E-state index is 9.60. The van der Waals surface area contributed by atoms with Gasteiger partial charge in [0.1, 0.15) is 5.75 Å². The minimum absolute atomic E-state index is 0.366. The summed E-state index contributed by atoms with van der Waals surface area (Å²) in [6, 6.07) is 12.3. The first kappa shape index (κ1) is 12.9. The Kier molecular flexibility index (Phi) is 3.17. The van der Waals surface area contributed by atoms with Crippen LogP contribution < -0.4 is 0 Å². The van der Waals surface area contributed by atoms with Gasteiger partial charge in [-0.15, -0.1) is 0 Å². The molecule has 3 nitrogen and oxygen atoms in total. The van der Waals surface area contributed by atoms with E-state index in [1.54, 1.807) is 6.07 Å². The molecule has 0 fully saturated rings. The highest BCUT2D eigenvalue weighted by Gasteiger charge is 2.21. The van der Waals surface area contributed by atoms with Crippen molar-refractivity contribution in [1.82, 2.24) is 4.90 Å². The number of phenols is 1. The summed E-state index contributed by atoms with van der Waals surface area (Å²) < 4.78 is 5.54. The second kappa shape index (κ2) is 5.17. The maximum Gasteiger partial charge on any atom is 0.115 e. The van der Waals surface area contributed by atoms with Gasteiger partial charge in [0.05, 0.1) is 13.2 Å². The van der Waals surface area contributed by atoms with E-state index >= 15 is 0 Å². The first-order valence-electron chi connectivity index (χ1n) is 7.50. The van der Waals surface area contributed by atoms with Crippen LogP contribution in [-0.4, -0.2) is 16.6 Å². The van der Waals surface area contributed by atoms with Crippen LogP contribution in [0.25, 0.3) is 0 Å². The molecule has 0 radical (unpaired) electrons. The van der Waals surface area contributed by atoms with Crippen LogP contribution in [-0.2, 0) is 37.4 Å². The molecule has 2 aromatic rings. The first-order chi connectivity index (χ1) is 10.3. The Morgan fingerprint density at radius 3 is 2.90 bits per heavy atom. The highest BCUT2D eigenvalue weighted by molar-refractivity contribution is 5.39. The van der Waals surface area contributed by atoms with Crippen molar-refractivity contribution < 1.29 is 9.84 Å². The Morgan fingerprint density at radius 2 is 1.95 bits per heavy atom. The van der Waals surface area contributed by atoms with Gasteiger partial charge >= 0.3 is 0 Å². The lowest BCUT2D eigenvalue weighted by Gasteiger charge is -2.23. The maximum absolute atomic E-state index is 9.60. The molecule has 0 atom stereocenters. The Morgan fingerprint density at radius 1 is 1.05 bits per heavy atom. The van der Waals surface area contributed by atoms with Crippen molar-refractivity contribution >= 4 is 0 Å². The lowest BCUT2D eigenvalue weighted by molar-refractivity contribution is 0.110. The third-order valence-electron chi connectivity index (χ3n) is 4.50. The monoisotopic (exact) mass is 281 g/mol. The molecule has 4 rings (SSSR count). The molecule has 0 spiro atoms. The van der Waals surface area contributed by atoms with Gasteiger partial charge in [0, 0.05) is 19.6 Å². The number of hydrogen-bond donors (Lipinski definition) is 1. The third kappa shape index (κ3) is 2.43. The van der Waals surface area contributed by atoms with Crippen molar-refractivity contribution in [2.45, 2.75) is 32.7 Å². The molecule has 0 saturated heterocycles. The molecule has 3 heteroatoms. The first-order valence-corrected chi connectivity index (χ1v) is 7.50. The zero-order chi connectivity index (χ0) is 14.2. The average molecular weight is 281 g/mol. The molecule has 0 unspecified atom stereocenters. The predicted molar refractivity (Wildman–Crippen MR) is 80.9 cm³/mol. The van der Waals surface area contributed by atoms with Gasteiger partial charge in [0.15, 0.2) is 0 Å². The van der Waals surface area contributed by atoms with Gasteiger partial charge in [0.25, 0.3) is 0 Å². The van der Waals surface area contributed by atoms with Crippen molar-refractivity contribution in [2.75, 3.05) is 6.61 Å². The molecule has 108 valence electrons. The van der Waals surface area contributed by atoms with Crippen LogP contribution in [0.5, 0.6) is 5.75 Å². The largest absolute Gasteiger partial charge is 0.508 e. The Hall–Kier alpha value is -1.84. The van der Waals surface area contributed by atoms with Gasteiger partial charge in [0.2, 0.25) is 0 Å². The fraction of sp³-hybridized carbons (Fsp3) is 0.333. The normalized spacial score (nSPS) is 17.5. The van der Waals surface area contributed by atoms with Crippen LogP contribution in [0.4, 0.5) is 0 Å². The Bertz CT molecular complexity index is 681. The number of fused-ring (bicyclic) bond motifs is 2. The summed E-state index contributed by atoms with van der Waals surface area (Å²) in [5.74, 6) is 0.366. The van der Waals surface area contributed by atoms with E-state index < -0.39 is 0 Å². The summed E-state index contributed by atoms with van der Waals surface area (Å²) in [6.45, 7) is 4.44. The van der Waals surface area contributed by atoms with Gasteiger partial charge < -0.3 is 9.84 Å². The van der Waals surface area contributed by atoms with Gasteiger partial charge in [-0.1, -0.05) is 24.3 Å². The Balaban J connectivity index is 1.56. The van der Waals surface area contributed by atoms with E-state index in [1.165, 1.54) is 27.8 Å². The van der Waals surface area contributed by atoms with Crippen LogP contribution in [0, 0.1) is 0 Å². The van der Waals surface area contributed by atoms with Crippen LogP contribution in [0.1, 0.15) is 27.8 Å². The van der Waals surface area contributed by atoms with E-state index in [0.29, 0.717) is 5.75 Å². The van der Waals surface area contributed by atoms with Crippen molar-refractivity contribution in [3.05, 3.63) is 64.2 Å². The molecule has 2 aromatic carbocycles. The topological polar surface area (TPSA) is 32.7 Å². The van der Waals surface area contributed by atoms with Crippen LogP contribution >= 0.6 is 0 Å². The number of benzene rings is 2. The van der Waals surface area contributed by atoms with E-state index in [-0.39, 0.29) is 0 Å². The van der Waals surface area contributed by atoms with E-state index in [1.807, 2.05) is 12.1 Å². The molecule has 0 aliphatic carbocycles. The van der Waals surface area contributed by atoms with E-state index in [2.05, 4.69) is 23.1 Å². The quantitative estimate of drug-likeness (QED) is 0.918. The lowest BCUT2D eigenvalue weighted by Crippen LogP contribution is -2.19. The fourth-order valence-corrected chi connectivity index (χ4v) is 3.45. The minimum Gasteiger partial charge on any atom is -0.508 e. The summed E-state index contributed by atoms with van der Waals surface area (Å²) in [5, 5.41) is 9.60. The molecule has 0 saturated carbocycles. The SMILES string of the molecule is Oc1ccc2c(c1)CN(Cc1cccc3c1CCOC3)C2. The van der Waals surface area contributed by atoms with Crippen molar-refractivity contribution in [1.29, 1.82) is 0 Å². The van der Waals surface area contributed by atoms with Gasteiger partial charge in [-0.25, -0.2) is 0 Å². The third-order valence-corrected chi connectivity index (χ3v) is 4.50. The van der Waals surface area contributed by atoms with Crippen LogP contribution in [0.3, 0.4) is 0 Å². The number of ether oxygens (including phenoxy) is 1. The second-order valence-electron chi connectivity index (χ2n) is 5.96. The lowest BCUT2D eigenvalue weighted by atomic mass is 9.97.